The summed E-state index contributed by atoms with van der Waals surface area (Å²) in [4.78, 5) is 9.71. The van der Waals surface area contributed by atoms with Crippen LogP contribution in [-0.2, 0) is 0 Å². The summed E-state index contributed by atoms with van der Waals surface area (Å²) in [5.41, 5.74) is 16.1. The van der Waals surface area contributed by atoms with Gasteiger partial charge < -0.3 is 19.6 Å². The summed E-state index contributed by atoms with van der Waals surface area (Å²) >= 11 is 0. The summed E-state index contributed by atoms with van der Waals surface area (Å²) in [7, 11) is 0. The van der Waals surface area contributed by atoms with E-state index in [0.29, 0.717) is 0 Å². The number of hydrogen-bond acceptors (Lipinski definition) is 4. The number of hydrogen-bond donors (Lipinski definition) is 0. The first kappa shape index (κ1) is 30.1. The molecule has 2 heterocycles. The number of fused-ring (bicyclic) bond motifs is 5. The van der Waals surface area contributed by atoms with Gasteiger partial charge in [-0.15, -0.1) is 0 Å². The van der Waals surface area contributed by atoms with Gasteiger partial charge in [-0.05, 0) is 121 Å². The standard InChI is InChI=1S/C48H36N4/c1-33-20-24-39(25-21-33)50-42-28-22-34(2)30-46(42)52-43-29-27-41(32-47(43)51(38-16-7-4-8-17-38)45-19-11-18-44(50)48(45)52)49(37-14-5-3-6-15-37)40-26-23-35-12-9-10-13-36(35)31-40/h3-32H,1-2H3. The number of anilines is 12. The van der Waals surface area contributed by atoms with E-state index in [1.54, 1.807) is 0 Å². The van der Waals surface area contributed by atoms with Crippen LogP contribution < -0.4 is 19.6 Å². The van der Waals surface area contributed by atoms with E-state index in [4.69, 9.17) is 0 Å². The Morgan fingerprint density at radius 3 is 1.65 bits per heavy atom. The molecule has 248 valence electrons. The average molecular weight is 669 g/mol. The molecule has 0 saturated heterocycles. The van der Waals surface area contributed by atoms with Crippen LogP contribution in [0.4, 0.5) is 68.2 Å². The van der Waals surface area contributed by atoms with Gasteiger partial charge in [0.25, 0.3) is 0 Å². The van der Waals surface area contributed by atoms with Crippen molar-refractivity contribution in [3.05, 3.63) is 193 Å². The summed E-state index contributed by atoms with van der Waals surface area (Å²) < 4.78 is 0. The Morgan fingerprint density at radius 1 is 0.327 bits per heavy atom. The quantitative estimate of drug-likeness (QED) is 0.181. The molecule has 10 rings (SSSR count). The Morgan fingerprint density at radius 2 is 0.885 bits per heavy atom. The molecular weight excluding hydrogens is 633 g/mol. The molecule has 0 spiro atoms. The maximum atomic E-state index is 2.49. The fourth-order valence-electron chi connectivity index (χ4n) is 7.93. The molecule has 0 saturated carbocycles. The zero-order valence-corrected chi connectivity index (χ0v) is 29.1. The van der Waals surface area contributed by atoms with E-state index in [9.17, 15) is 0 Å². The van der Waals surface area contributed by atoms with Gasteiger partial charge in [-0.3, -0.25) is 0 Å². The number of nitrogens with zero attached hydrogens (tertiary/aromatic N) is 4. The molecule has 0 fully saturated rings. The number of rotatable bonds is 5. The van der Waals surface area contributed by atoms with E-state index >= 15 is 0 Å². The van der Waals surface area contributed by atoms with Crippen LogP contribution in [0.2, 0.25) is 0 Å². The fourth-order valence-corrected chi connectivity index (χ4v) is 7.93. The first-order chi connectivity index (χ1) is 25.6. The molecule has 0 unspecified atom stereocenters. The Kier molecular flexibility index (Phi) is 6.90. The molecular formula is C48H36N4. The topological polar surface area (TPSA) is 13.0 Å². The minimum atomic E-state index is 1.09. The highest BCUT2D eigenvalue weighted by Crippen LogP contribution is 2.63. The normalized spacial score (nSPS) is 12.7. The summed E-state index contributed by atoms with van der Waals surface area (Å²) in [5, 5.41) is 2.44. The van der Waals surface area contributed by atoms with Crippen molar-refractivity contribution in [2.75, 3.05) is 19.6 Å². The van der Waals surface area contributed by atoms with Crippen molar-refractivity contribution < 1.29 is 0 Å². The highest BCUT2D eigenvalue weighted by Gasteiger charge is 2.39. The highest BCUT2D eigenvalue weighted by molar-refractivity contribution is 6.13. The van der Waals surface area contributed by atoms with Crippen molar-refractivity contribution >= 4 is 79.0 Å². The van der Waals surface area contributed by atoms with Gasteiger partial charge in [-0.1, -0.05) is 96.6 Å². The molecule has 4 heteroatoms. The monoisotopic (exact) mass is 668 g/mol. The first-order valence-electron chi connectivity index (χ1n) is 17.9. The maximum absolute atomic E-state index is 2.49. The fraction of sp³-hybridized carbons (Fsp3) is 0.0417. The third-order valence-corrected chi connectivity index (χ3v) is 10.3. The first-order valence-corrected chi connectivity index (χ1v) is 17.9. The van der Waals surface area contributed by atoms with Gasteiger partial charge in [-0.2, -0.15) is 0 Å². The second-order valence-corrected chi connectivity index (χ2v) is 13.7. The van der Waals surface area contributed by atoms with Crippen molar-refractivity contribution in [3.63, 3.8) is 0 Å². The minimum absolute atomic E-state index is 1.09. The molecule has 52 heavy (non-hydrogen) atoms. The molecule has 8 aromatic rings. The maximum Gasteiger partial charge on any atom is 0.0947 e. The van der Waals surface area contributed by atoms with Crippen LogP contribution in [0.15, 0.2) is 182 Å². The summed E-state index contributed by atoms with van der Waals surface area (Å²) in [6.45, 7) is 4.33. The zero-order chi connectivity index (χ0) is 34.8. The van der Waals surface area contributed by atoms with Crippen LogP contribution in [-0.4, -0.2) is 0 Å². The summed E-state index contributed by atoms with van der Waals surface area (Å²) in [6, 6.07) is 66.1. The number of aryl methyl sites for hydroxylation is 2. The number of para-hydroxylation sites is 3. The van der Waals surface area contributed by atoms with Crippen LogP contribution in [0, 0.1) is 13.8 Å². The Bertz CT molecular complexity index is 2610. The predicted octanol–water partition coefficient (Wildman–Crippen LogP) is 14.0. The van der Waals surface area contributed by atoms with Crippen LogP contribution in [0.5, 0.6) is 0 Å². The van der Waals surface area contributed by atoms with Gasteiger partial charge in [0.05, 0.1) is 39.8 Å². The molecule has 0 aliphatic carbocycles. The number of benzene rings is 8. The lowest BCUT2D eigenvalue weighted by Crippen LogP contribution is -2.30. The molecule has 0 amide bonds. The van der Waals surface area contributed by atoms with Crippen molar-refractivity contribution in [1.29, 1.82) is 0 Å². The lowest BCUT2D eigenvalue weighted by atomic mass is 9.97. The average Bonchev–Trinajstić information content (AvgIpc) is 3.19. The van der Waals surface area contributed by atoms with Crippen LogP contribution >= 0.6 is 0 Å². The Hall–Kier alpha value is -6.78. The third kappa shape index (κ3) is 4.76. The molecule has 0 aromatic heterocycles. The van der Waals surface area contributed by atoms with Gasteiger partial charge in [0.1, 0.15) is 0 Å². The van der Waals surface area contributed by atoms with E-state index in [-0.39, 0.29) is 0 Å². The molecule has 4 nitrogen and oxygen atoms in total. The van der Waals surface area contributed by atoms with Crippen molar-refractivity contribution in [2.24, 2.45) is 0 Å². The van der Waals surface area contributed by atoms with E-state index in [1.807, 2.05) is 0 Å². The van der Waals surface area contributed by atoms with Gasteiger partial charge >= 0.3 is 0 Å². The zero-order valence-electron chi connectivity index (χ0n) is 29.1. The molecule has 8 aromatic carbocycles. The van der Waals surface area contributed by atoms with Gasteiger partial charge in [0.2, 0.25) is 0 Å². The Labute approximate surface area is 304 Å². The van der Waals surface area contributed by atoms with Crippen LogP contribution in [0.1, 0.15) is 11.1 Å². The lowest BCUT2D eigenvalue weighted by Gasteiger charge is -2.47. The minimum Gasteiger partial charge on any atom is -0.310 e. The second kappa shape index (κ2) is 11.9. The predicted molar refractivity (Wildman–Crippen MR) is 219 cm³/mol. The molecule has 2 aliphatic heterocycles. The third-order valence-electron chi connectivity index (χ3n) is 10.3. The van der Waals surface area contributed by atoms with E-state index in [0.717, 1.165) is 62.6 Å². The van der Waals surface area contributed by atoms with Crippen molar-refractivity contribution in [1.82, 2.24) is 0 Å². The summed E-state index contributed by atoms with van der Waals surface area (Å²) in [5.74, 6) is 0. The SMILES string of the molecule is Cc1ccc(N2c3ccc(C)cc3N3c4ccc(N(c5ccccc5)c5ccc6ccccc6c5)cc4N(c4ccccc4)c4cccc2c43)cc1. The van der Waals surface area contributed by atoms with Crippen molar-refractivity contribution in [2.45, 2.75) is 13.8 Å². The van der Waals surface area contributed by atoms with Gasteiger partial charge in [0, 0.05) is 28.4 Å². The smallest absolute Gasteiger partial charge is 0.0947 e. The lowest BCUT2D eigenvalue weighted by molar-refractivity contribution is 1.11. The molecule has 0 bridgehead atoms. The molecule has 0 atom stereocenters. The molecule has 0 N–H and O–H groups in total. The van der Waals surface area contributed by atoms with E-state index in [1.165, 1.54) is 27.6 Å². The second-order valence-electron chi connectivity index (χ2n) is 13.7. The molecule has 2 aliphatic rings. The molecule has 0 radical (unpaired) electrons. The van der Waals surface area contributed by atoms with Crippen molar-refractivity contribution in [3.8, 4) is 0 Å². The van der Waals surface area contributed by atoms with Gasteiger partial charge in [-0.25, -0.2) is 0 Å². The summed E-state index contributed by atoms with van der Waals surface area (Å²) in [6.07, 6.45) is 0. The van der Waals surface area contributed by atoms with E-state index in [2.05, 4.69) is 215 Å². The van der Waals surface area contributed by atoms with Gasteiger partial charge in [0.15, 0.2) is 0 Å². The highest BCUT2D eigenvalue weighted by atomic mass is 15.3. The van der Waals surface area contributed by atoms with Crippen LogP contribution in [0.25, 0.3) is 10.8 Å². The van der Waals surface area contributed by atoms with E-state index < -0.39 is 0 Å². The largest absolute Gasteiger partial charge is 0.310 e. The van der Waals surface area contributed by atoms with Crippen LogP contribution in [0.3, 0.4) is 0 Å². The Balaban J connectivity index is 1.23.